The third-order valence-electron chi connectivity index (χ3n) is 1.43. The number of aliphatic carboxylic acids is 1. The molecule has 0 fully saturated rings. The molecular formula is C9H14O5. The summed E-state index contributed by atoms with van der Waals surface area (Å²) in [5, 5.41) is 8.66. The van der Waals surface area contributed by atoms with E-state index >= 15 is 0 Å². The fourth-order valence-corrected chi connectivity index (χ4v) is 0.731. The number of rotatable bonds is 7. The highest BCUT2D eigenvalue weighted by Gasteiger charge is 2.17. The van der Waals surface area contributed by atoms with Gasteiger partial charge in [-0.25, -0.2) is 4.79 Å². The summed E-state index contributed by atoms with van der Waals surface area (Å²) in [4.78, 5) is 21.8. The largest absolute Gasteiger partial charge is 0.500 e. The molecule has 0 aliphatic heterocycles. The molecule has 0 unspecified atom stereocenters. The molecular weight excluding hydrogens is 188 g/mol. The molecule has 0 heterocycles. The van der Waals surface area contributed by atoms with Crippen LogP contribution in [0, 0.1) is 0 Å². The molecule has 14 heavy (non-hydrogen) atoms. The number of carboxylic acid groups (broad SMARTS) is 1. The van der Waals surface area contributed by atoms with Gasteiger partial charge in [0.25, 0.3) is 0 Å². The van der Waals surface area contributed by atoms with Crippen LogP contribution >= 0.6 is 0 Å². The molecule has 0 rings (SSSR count). The van der Waals surface area contributed by atoms with Crippen LogP contribution in [-0.4, -0.2) is 37.2 Å². The average molecular weight is 202 g/mol. The Morgan fingerprint density at radius 3 is 2.50 bits per heavy atom. The maximum Gasteiger partial charge on any atom is 0.342 e. The van der Waals surface area contributed by atoms with Crippen LogP contribution in [0.2, 0.25) is 0 Å². The van der Waals surface area contributed by atoms with Crippen LogP contribution in [0.1, 0.15) is 13.3 Å². The van der Waals surface area contributed by atoms with Crippen LogP contribution < -0.4 is 0 Å². The van der Waals surface area contributed by atoms with Crippen molar-refractivity contribution in [2.24, 2.45) is 0 Å². The Kier molecular flexibility index (Phi) is 6.39. The summed E-state index contributed by atoms with van der Waals surface area (Å²) in [5.74, 6) is -1.77. The van der Waals surface area contributed by atoms with Gasteiger partial charge in [-0.1, -0.05) is 0 Å². The maximum absolute atomic E-state index is 11.2. The van der Waals surface area contributed by atoms with E-state index in [9.17, 15) is 9.59 Å². The Bertz CT molecular complexity index is 231. The van der Waals surface area contributed by atoms with Gasteiger partial charge in [0.15, 0.2) is 5.78 Å². The SMILES string of the molecule is CCOC=C(C(=O)O)C(=O)CCOC. The minimum atomic E-state index is -1.28. The molecule has 80 valence electrons. The number of ketones is 1. The summed E-state index contributed by atoms with van der Waals surface area (Å²) in [6, 6.07) is 0. The summed E-state index contributed by atoms with van der Waals surface area (Å²) in [5.41, 5.74) is -0.344. The molecule has 5 heteroatoms. The van der Waals surface area contributed by atoms with Crippen molar-refractivity contribution in [2.75, 3.05) is 20.3 Å². The van der Waals surface area contributed by atoms with Gasteiger partial charge in [0.1, 0.15) is 11.8 Å². The van der Waals surface area contributed by atoms with Crippen molar-refractivity contribution < 1.29 is 24.2 Å². The summed E-state index contributed by atoms with van der Waals surface area (Å²) in [6.45, 7) is 2.24. The second-order valence-corrected chi connectivity index (χ2v) is 2.46. The molecule has 0 atom stereocenters. The lowest BCUT2D eigenvalue weighted by molar-refractivity contribution is -0.135. The van der Waals surface area contributed by atoms with Gasteiger partial charge in [-0.3, -0.25) is 4.79 Å². The highest BCUT2D eigenvalue weighted by Crippen LogP contribution is 2.01. The van der Waals surface area contributed by atoms with Crippen molar-refractivity contribution >= 4 is 11.8 Å². The van der Waals surface area contributed by atoms with Gasteiger partial charge in [0.05, 0.1) is 13.2 Å². The van der Waals surface area contributed by atoms with Crippen LogP contribution in [0.25, 0.3) is 0 Å². The van der Waals surface area contributed by atoms with E-state index in [2.05, 4.69) is 4.74 Å². The van der Waals surface area contributed by atoms with Gasteiger partial charge < -0.3 is 14.6 Å². The average Bonchev–Trinajstić information content (AvgIpc) is 2.14. The van der Waals surface area contributed by atoms with Crippen LogP contribution in [0.3, 0.4) is 0 Å². The number of carboxylic acids is 1. The van der Waals surface area contributed by atoms with Gasteiger partial charge in [0.2, 0.25) is 0 Å². The van der Waals surface area contributed by atoms with E-state index < -0.39 is 11.8 Å². The van der Waals surface area contributed by atoms with Crippen molar-refractivity contribution in [1.82, 2.24) is 0 Å². The Morgan fingerprint density at radius 2 is 2.07 bits per heavy atom. The van der Waals surface area contributed by atoms with Crippen molar-refractivity contribution in [3.63, 3.8) is 0 Å². The zero-order valence-electron chi connectivity index (χ0n) is 8.28. The predicted molar refractivity (Wildman–Crippen MR) is 48.8 cm³/mol. The molecule has 0 spiro atoms. The first kappa shape index (κ1) is 12.6. The Morgan fingerprint density at radius 1 is 1.43 bits per heavy atom. The fraction of sp³-hybridized carbons (Fsp3) is 0.556. The fourth-order valence-electron chi connectivity index (χ4n) is 0.731. The lowest BCUT2D eigenvalue weighted by Gasteiger charge is -2.01. The lowest BCUT2D eigenvalue weighted by atomic mass is 10.1. The molecule has 0 bridgehead atoms. The Balaban J connectivity index is 4.34. The smallest absolute Gasteiger partial charge is 0.342 e. The monoisotopic (exact) mass is 202 g/mol. The van der Waals surface area contributed by atoms with E-state index in [0.29, 0.717) is 6.61 Å². The first-order valence-electron chi connectivity index (χ1n) is 4.20. The van der Waals surface area contributed by atoms with Crippen molar-refractivity contribution in [1.29, 1.82) is 0 Å². The molecule has 1 N–H and O–H groups in total. The number of carbonyl (C=O) groups is 2. The van der Waals surface area contributed by atoms with Gasteiger partial charge in [-0.05, 0) is 6.92 Å². The molecule has 0 saturated carbocycles. The molecule has 0 aromatic rings. The highest BCUT2D eigenvalue weighted by molar-refractivity contribution is 6.16. The van der Waals surface area contributed by atoms with E-state index in [1.54, 1.807) is 6.92 Å². The van der Waals surface area contributed by atoms with E-state index in [4.69, 9.17) is 9.84 Å². The van der Waals surface area contributed by atoms with Crippen molar-refractivity contribution in [3.8, 4) is 0 Å². The minimum absolute atomic E-state index is 0.0434. The number of Topliss-reactive ketones (excluding diaryl/α,β-unsaturated/α-hetero) is 1. The summed E-state index contributed by atoms with van der Waals surface area (Å²) < 4.78 is 9.42. The second-order valence-electron chi connectivity index (χ2n) is 2.46. The lowest BCUT2D eigenvalue weighted by Crippen LogP contribution is -2.14. The van der Waals surface area contributed by atoms with Gasteiger partial charge in [0, 0.05) is 13.5 Å². The highest BCUT2D eigenvalue weighted by atomic mass is 16.5. The van der Waals surface area contributed by atoms with Crippen molar-refractivity contribution in [3.05, 3.63) is 11.8 Å². The van der Waals surface area contributed by atoms with E-state index in [-0.39, 0.29) is 18.6 Å². The number of hydrogen-bond donors (Lipinski definition) is 1. The maximum atomic E-state index is 11.2. The van der Waals surface area contributed by atoms with Crippen LogP contribution in [0.15, 0.2) is 11.8 Å². The zero-order valence-corrected chi connectivity index (χ0v) is 8.28. The molecule has 0 aliphatic rings. The normalized spacial score (nSPS) is 11.1. The second kappa shape index (κ2) is 7.08. The van der Waals surface area contributed by atoms with E-state index in [1.807, 2.05) is 0 Å². The molecule has 0 aromatic carbocycles. The third-order valence-corrected chi connectivity index (χ3v) is 1.43. The topological polar surface area (TPSA) is 72.8 Å². The molecule has 0 aromatic heterocycles. The van der Waals surface area contributed by atoms with Crippen LogP contribution in [0.4, 0.5) is 0 Å². The molecule has 0 radical (unpaired) electrons. The van der Waals surface area contributed by atoms with Gasteiger partial charge in [-0.2, -0.15) is 0 Å². The third kappa shape index (κ3) is 4.61. The van der Waals surface area contributed by atoms with Gasteiger partial charge >= 0.3 is 5.97 Å². The number of methoxy groups -OCH3 is 1. The summed E-state index contributed by atoms with van der Waals surface area (Å²) in [7, 11) is 1.44. The minimum Gasteiger partial charge on any atom is -0.500 e. The number of carbonyl (C=O) groups excluding carboxylic acids is 1. The first-order valence-corrected chi connectivity index (χ1v) is 4.20. The summed E-state index contributed by atoms with van der Waals surface area (Å²) in [6.07, 6.45) is 1.02. The number of hydrogen-bond acceptors (Lipinski definition) is 4. The molecule has 0 amide bonds. The summed E-state index contributed by atoms with van der Waals surface area (Å²) >= 11 is 0. The Hall–Kier alpha value is -1.36. The molecule has 0 aliphatic carbocycles. The van der Waals surface area contributed by atoms with Crippen LogP contribution in [-0.2, 0) is 19.1 Å². The standard InChI is InChI=1S/C9H14O5/c1-3-14-6-7(9(11)12)8(10)4-5-13-2/h6H,3-5H2,1-2H3,(H,11,12). The van der Waals surface area contributed by atoms with E-state index in [0.717, 1.165) is 6.26 Å². The molecule has 0 saturated heterocycles. The predicted octanol–water partition coefficient (Wildman–Crippen LogP) is 0.597. The van der Waals surface area contributed by atoms with E-state index in [1.165, 1.54) is 7.11 Å². The first-order chi connectivity index (χ1) is 6.63. The number of ether oxygens (including phenoxy) is 2. The Labute approximate surface area is 82.3 Å². The zero-order chi connectivity index (χ0) is 11.0. The molecule has 5 nitrogen and oxygen atoms in total. The van der Waals surface area contributed by atoms with Crippen molar-refractivity contribution in [2.45, 2.75) is 13.3 Å². The van der Waals surface area contributed by atoms with Crippen LogP contribution in [0.5, 0.6) is 0 Å². The van der Waals surface area contributed by atoms with Gasteiger partial charge in [-0.15, -0.1) is 0 Å². The quantitative estimate of drug-likeness (QED) is 0.283.